The van der Waals surface area contributed by atoms with Crippen molar-refractivity contribution in [3.05, 3.63) is 76.3 Å². The van der Waals surface area contributed by atoms with Gasteiger partial charge < -0.3 is 29.2 Å². The van der Waals surface area contributed by atoms with Crippen molar-refractivity contribution in [3.63, 3.8) is 0 Å². The molecule has 3 aromatic rings. The maximum Gasteiger partial charge on any atom is 0.322 e. The van der Waals surface area contributed by atoms with Gasteiger partial charge in [-0.05, 0) is 41.3 Å². The summed E-state index contributed by atoms with van der Waals surface area (Å²) in [7, 11) is 6.34. The molecule has 34 heavy (non-hydrogen) atoms. The number of carbonyl (C=O) groups excluding carboxylic acids is 1. The summed E-state index contributed by atoms with van der Waals surface area (Å²) in [4.78, 5) is 15.4. The zero-order valence-corrected chi connectivity index (χ0v) is 20.3. The summed E-state index contributed by atoms with van der Waals surface area (Å²) >= 11 is 6.62. The summed E-state index contributed by atoms with van der Waals surface area (Å²) in [6.45, 7) is 0.491. The number of nitrogens with zero attached hydrogens (tertiary/aromatic N) is 1. The molecule has 8 heteroatoms. The van der Waals surface area contributed by atoms with E-state index in [1.165, 1.54) is 0 Å². The highest BCUT2D eigenvalue weighted by atomic mass is 35.5. The Bertz CT molecular complexity index is 1180. The zero-order valence-electron chi connectivity index (χ0n) is 19.6. The lowest BCUT2D eigenvalue weighted by molar-refractivity contribution is 0.193. The lowest BCUT2D eigenvalue weighted by Gasteiger charge is -2.38. The van der Waals surface area contributed by atoms with Gasteiger partial charge in [-0.15, -0.1) is 0 Å². The molecule has 0 bridgehead atoms. The molecule has 1 aliphatic heterocycles. The third kappa shape index (κ3) is 4.56. The monoisotopic (exact) mass is 482 g/mol. The maximum atomic E-state index is 13.6. The molecule has 1 heterocycles. The van der Waals surface area contributed by atoms with Crippen molar-refractivity contribution in [2.75, 3.05) is 40.3 Å². The summed E-state index contributed by atoms with van der Waals surface area (Å²) in [5.74, 6) is 2.41. The Morgan fingerprint density at radius 3 is 2.15 bits per heavy atom. The van der Waals surface area contributed by atoms with E-state index in [0.717, 1.165) is 16.7 Å². The number of fused-ring (bicyclic) bond motifs is 1. The fourth-order valence-electron chi connectivity index (χ4n) is 4.27. The van der Waals surface area contributed by atoms with Crippen molar-refractivity contribution in [2.24, 2.45) is 0 Å². The number of anilines is 1. The number of hydrogen-bond donors (Lipinski definition) is 1. The second-order valence-electron chi connectivity index (χ2n) is 7.80. The Kier molecular flexibility index (Phi) is 7.03. The van der Waals surface area contributed by atoms with Crippen LogP contribution in [0.25, 0.3) is 0 Å². The fourth-order valence-corrected chi connectivity index (χ4v) is 4.51. The standard InChI is InChI=1S/C26H27ClN2O5/c1-31-18-12-17(13-19(14-18)32-2)28-26(30)29-10-9-16-11-23(33-3)24(34-4)15-21(16)25(29)20-7-5-6-8-22(20)27/h5-8,11-15,25H,9-10H2,1-4H3,(H,28,30)/t25-/m1/s1. The van der Waals surface area contributed by atoms with Crippen molar-refractivity contribution < 1.29 is 23.7 Å². The predicted molar refractivity (Wildman–Crippen MR) is 132 cm³/mol. The average Bonchev–Trinajstić information content (AvgIpc) is 2.87. The van der Waals surface area contributed by atoms with Crippen molar-refractivity contribution in [3.8, 4) is 23.0 Å². The Morgan fingerprint density at radius 1 is 0.882 bits per heavy atom. The third-order valence-electron chi connectivity index (χ3n) is 5.94. The van der Waals surface area contributed by atoms with Crippen LogP contribution in [0.2, 0.25) is 5.02 Å². The molecule has 3 aromatic carbocycles. The first-order chi connectivity index (χ1) is 16.5. The van der Waals surface area contributed by atoms with Crippen molar-refractivity contribution >= 4 is 23.3 Å². The highest BCUT2D eigenvalue weighted by molar-refractivity contribution is 6.31. The topological polar surface area (TPSA) is 69.3 Å². The van der Waals surface area contributed by atoms with Gasteiger partial charge in [0, 0.05) is 35.5 Å². The first kappa shape index (κ1) is 23.6. The van der Waals surface area contributed by atoms with E-state index in [1.807, 2.05) is 36.4 Å². The quantitative estimate of drug-likeness (QED) is 0.498. The van der Waals surface area contributed by atoms with Gasteiger partial charge in [-0.1, -0.05) is 29.8 Å². The number of hydrogen-bond acceptors (Lipinski definition) is 5. The van der Waals surface area contributed by atoms with E-state index in [2.05, 4.69) is 5.32 Å². The van der Waals surface area contributed by atoms with Crippen LogP contribution >= 0.6 is 11.6 Å². The average molecular weight is 483 g/mol. The molecule has 1 aliphatic rings. The largest absolute Gasteiger partial charge is 0.497 e. The van der Waals surface area contributed by atoms with E-state index in [9.17, 15) is 4.79 Å². The molecule has 1 atom stereocenters. The number of amides is 2. The van der Waals surface area contributed by atoms with Gasteiger partial charge in [0.15, 0.2) is 11.5 Å². The van der Waals surface area contributed by atoms with Crippen LogP contribution in [-0.2, 0) is 6.42 Å². The Labute approximate surface area is 204 Å². The van der Waals surface area contributed by atoms with Gasteiger partial charge in [0.1, 0.15) is 11.5 Å². The van der Waals surface area contributed by atoms with Crippen LogP contribution in [0.4, 0.5) is 10.5 Å². The van der Waals surface area contributed by atoms with Gasteiger partial charge in [-0.3, -0.25) is 0 Å². The van der Waals surface area contributed by atoms with E-state index in [-0.39, 0.29) is 6.03 Å². The predicted octanol–water partition coefficient (Wildman–Crippen LogP) is 5.55. The van der Waals surface area contributed by atoms with Crippen LogP contribution in [0.1, 0.15) is 22.7 Å². The lowest BCUT2D eigenvalue weighted by atomic mass is 9.87. The molecule has 0 aliphatic carbocycles. The molecular formula is C26H27ClN2O5. The number of rotatable bonds is 6. The molecule has 0 saturated carbocycles. The smallest absolute Gasteiger partial charge is 0.322 e. The number of ether oxygens (including phenoxy) is 4. The van der Waals surface area contributed by atoms with E-state index in [0.29, 0.717) is 46.7 Å². The molecule has 0 fully saturated rings. The summed E-state index contributed by atoms with van der Waals surface area (Å²) in [5.41, 5.74) is 3.41. The lowest BCUT2D eigenvalue weighted by Crippen LogP contribution is -2.43. The molecule has 0 spiro atoms. The van der Waals surface area contributed by atoms with Crippen LogP contribution in [0, 0.1) is 0 Å². The van der Waals surface area contributed by atoms with Crippen LogP contribution in [0.15, 0.2) is 54.6 Å². The zero-order chi connectivity index (χ0) is 24.2. The molecule has 1 N–H and O–H groups in total. The second kappa shape index (κ2) is 10.1. The van der Waals surface area contributed by atoms with Crippen LogP contribution in [0.3, 0.4) is 0 Å². The van der Waals surface area contributed by atoms with E-state index in [1.54, 1.807) is 51.5 Å². The highest BCUT2D eigenvalue weighted by Gasteiger charge is 2.34. The molecule has 7 nitrogen and oxygen atoms in total. The Balaban J connectivity index is 1.76. The minimum Gasteiger partial charge on any atom is -0.497 e. The minimum atomic E-state index is -0.412. The van der Waals surface area contributed by atoms with Crippen LogP contribution in [-0.4, -0.2) is 45.9 Å². The number of methoxy groups -OCH3 is 4. The number of benzene rings is 3. The van der Waals surface area contributed by atoms with Gasteiger partial charge in [-0.25, -0.2) is 4.79 Å². The first-order valence-corrected chi connectivity index (χ1v) is 11.2. The number of nitrogens with one attached hydrogen (secondary N) is 1. The normalized spacial score (nSPS) is 14.7. The molecule has 0 saturated heterocycles. The molecule has 0 unspecified atom stereocenters. The Hall–Kier alpha value is -3.58. The molecule has 4 rings (SSSR count). The van der Waals surface area contributed by atoms with Gasteiger partial charge in [0.2, 0.25) is 0 Å². The van der Waals surface area contributed by atoms with Crippen molar-refractivity contribution in [1.82, 2.24) is 4.90 Å². The van der Waals surface area contributed by atoms with Gasteiger partial charge >= 0.3 is 6.03 Å². The van der Waals surface area contributed by atoms with Gasteiger partial charge in [0.25, 0.3) is 0 Å². The van der Waals surface area contributed by atoms with Crippen molar-refractivity contribution in [2.45, 2.75) is 12.5 Å². The van der Waals surface area contributed by atoms with Crippen LogP contribution in [0.5, 0.6) is 23.0 Å². The molecule has 0 aromatic heterocycles. The summed E-state index contributed by atoms with van der Waals surface area (Å²) in [6.07, 6.45) is 0.658. The molecular weight excluding hydrogens is 456 g/mol. The number of halogens is 1. The number of carbonyl (C=O) groups is 1. The van der Waals surface area contributed by atoms with Gasteiger partial charge in [-0.2, -0.15) is 0 Å². The summed E-state index contributed by atoms with van der Waals surface area (Å²) < 4.78 is 21.7. The third-order valence-corrected chi connectivity index (χ3v) is 6.28. The first-order valence-electron chi connectivity index (χ1n) is 10.8. The number of urea groups is 1. The maximum absolute atomic E-state index is 13.6. The van der Waals surface area contributed by atoms with Crippen LogP contribution < -0.4 is 24.3 Å². The fraction of sp³-hybridized carbons (Fsp3) is 0.269. The summed E-state index contributed by atoms with van der Waals surface area (Å²) in [5, 5.41) is 3.57. The van der Waals surface area contributed by atoms with E-state index < -0.39 is 6.04 Å². The highest BCUT2D eigenvalue weighted by Crippen LogP contribution is 2.43. The van der Waals surface area contributed by atoms with Crippen molar-refractivity contribution in [1.29, 1.82) is 0 Å². The SMILES string of the molecule is COc1cc(NC(=O)N2CCc3cc(OC)c(OC)cc3[C@H]2c2ccccc2Cl)cc(OC)c1. The second-order valence-corrected chi connectivity index (χ2v) is 8.21. The molecule has 2 amide bonds. The molecule has 178 valence electrons. The van der Waals surface area contributed by atoms with E-state index >= 15 is 0 Å². The molecule has 0 radical (unpaired) electrons. The van der Waals surface area contributed by atoms with E-state index in [4.69, 9.17) is 30.5 Å². The summed E-state index contributed by atoms with van der Waals surface area (Å²) in [6, 6.07) is 16.0. The van der Waals surface area contributed by atoms with Gasteiger partial charge in [0.05, 0.1) is 34.5 Å². The Morgan fingerprint density at radius 2 is 1.53 bits per heavy atom. The minimum absolute atomic E-state index is 0.263.